The van der Waals surface area contributed by atoms with E-state index in [-0.39, 0.29) is 17.8 Å². The van der Waals surface area contributed by atoms with Gasteiger partial charge in [0.15, 0.2) is 17.4 Å². The Bertz CT molecular complexity index is 680. The van der Waals surface area contributed by atoms with E-state index in [9.17, 15) is 13.6 Å². The van der Waals surface area contributed by atoms with E-state index in [1.54, 1.807) is 6.07 Å². The lowest BCUT2D eigenvalue weighted by atomic mass is 9.97. The summed E-state index contributed by atoms with van der Waals surface area (Å²) in [7, 11) is 0. The van der Waals surface area contributed by atoms with Gasteiger partial charge in [0, 0.05) is 16.5 Å². The monoisotopic (exact) mass is 338 g/mol. The fourth-order valence-electron chi connectivity index (χ4n) is 2.03. The molecule has 0 atom stereocenters. The molecule has 0 aromatic heterocycles. The number of benzene rings is 2. The van der Waals surface area contributed by atoms with Crippen molar-refractivity contribution in [2.24, 2.45) is 0 Å². The van der Waals surface area contributed by atoms with Crippen molar-refractivity contribution >= 4 is 21.7 Å². The minimum atomic E-state index is -0.952. The highest BCUT2D eigenvalue weighted by Crippen LogP contribution is 2.23. The van der Waals surface area contributed by atoms with Gasteiger partial charge in [-0.25, -0.2) is 8.78 Å². The van der Waals surface area contributed by atoms with E-state index in [2.05, 4.69) is 15.9 Å². The van der Waals surface area contributed by atoms with E-state index in [0.717, 1.165) is 21.7 Å². The highest BCUT2D eigenvalue weighted by atomic mass is 79.9. The van der Waals surface area contributed by atoms with Crippen molar-refractivity contribution in [3.05, 3.63) is 68.7 Å². The lowest BCUT2D eigenvalue weighted by molar-refractivity contribution is 0.0991. The molecular weight excluding hydrogens is 326 g/mol. The van der Waals surface area contributed by atoms with Gasteiger partial charge in [0.25, 0.3) is 0 Å². The number of hydrogen-bond donors (Lipinski definition) is 0. The number of carbonyl (C=O) groups excluding carboxylic acids is 1. The maximum absolute atomic E-state index is 13.6. The van der Waals surface area contributed by atoms with E-state index < -0.39 is 11.6 Å². The zero-order valence-electron chi connectivity index (χ0n) is 11.1. The summed E-state index contributed by atoms with van der Waals surface area (Å²) < 4.78 is 27.6. The number of ketones is 1. The van der Waals surface area contributed by atoms with Crippen molar-refractivity contribution in [3.63, 3.8) is 0 Å². The summed E-state index contributed by atoms with van der Waals surface area (Å²) in [6.45, 7) is 3.70. The molecule has 0 saturated carbocycles. The second-order valence-electron chi connectivity index (χ2n) is 4.73. The number of hydrogen-bond acceptors (Lipinski definition) is 1. The molecular formula is C16H13BrF2O. The van der Waals surface area contributed by atoms with Gasteiger partial charge in [-0.2, -0.15) is 0 Å². The first kappa shape index (κ1) is 14.9. The predicted octanol–water partition coefficient (Wildman–Crippen LogP) is 4.77. The molecule has 0 amide bonds. The Balaban J connectivity index is 2.33. The Labute approximate surface area is 124 Å². The van der Waals surface area contributed by atoms with E-state index >= 15 is 0 Å². The zero-order chi connectivity index (χ0) is 14.9. The maximum atomic E-state index is 13.6. The largest absolute Gasteiger partial charge is 0.294 e. The number of rotatable bonds is 3. The lowest BCUT2D eigenvalue weighted by Crippen LogP contribution is -2.08. The number of carbonyl (C=O) groups is 1. The van der Waals surface area contributed by atoms with Crippen molar-refractivity contribution in [1.29, 1.82) is 0 Å². The van der Waals surface area contributed by atoms with Crippen molar-refractivity contribution in [1.82, 2.24) is 0 Å². The van der Waals surface area contributed by atoms with Crippen LogP contribution in [0.3, 0.4) is 0 Å². The quantitative estimate of drug-likeness (QED) is 0.736. The summed E-state index contributed by atoms with van der Waals surface area (Å²) in [6.07, 6.45) is -0.147. The van der Waals surface area contributed by atoms with E-state index in [1.165, 1.54) is 12.1 Å². The predicted molar refractivity (Wildman–Crippen MR) is 78.0 cm³/mol. The van der Waals surface area contributed by atoms with Crippen LogP contribution in [0.2, 0.25) is 0 Å². The van der Waals surface area contributed by atoms with Gasteiger partial charge in [0.1, 0.15) is 0 Å². The zero-order valence-corrected chi connectivity index (χ0v) is 12.7. The fraction of sp³-hybridized carbons (Fsp3) is 0.188. The van der Waals surface area contributed by atoms with Crippen LogP contribution in [-0.4, -0.2) is 5.78 Å². The van der Waals surface area contributed by atoms with Crippen molar-refractivity contribution in [2.45, 2.75) is 20.3 Å². The molecule has 0 aliphatic heterocycles. The molecule has 104 valence electrons. The van der Waals surface area contributed by atoms with Crippen LogP contribution in [-0.2, 0) is 6.42 Å². The fourth-order valence-corrected chi connectivity index (χ4v) is 2.49. The van der Waals surface area contributed by atoms with Crippen molar-refractivity contribution in [3.8, 4) is 0 Å². The molecule has 0 saturated heterocycles. The highest BCUT2D eigenvalue weighted by Gasteiger charge is 2.15. The summed E-state index contributed by atoms with van der Waals surface area (Å²) in [5, 5.41) is 0. The first-order valence-corrected chi connectivity index (χ1v) is 6.92. The summed E-state index contributed by atoms with van der Waals surface area (Å²) in [6, 6.07) is 7.49. The second-order valence-corrected chi connectivity index (χ2v) is 5.58. The maximum Gasteiger partial charge on any atom is 0.167 e. The standard InChI is InChI=1S/C16H13BrF2O/c1-9-7-13(17)10(2)6-12(9)15(20)8-11-4-3-5-14(18)16(11)19/h3-7H,8H2,1-2H3. The van der Waals surface area contributed by atoms with E-state index in [4.69, 9.17) is 0 Å². The third-order valence-electron chi connectivity index (χ3n) is 3.19. The van der Waals surface area contributed by atoms with Gasteiger partial charge in [0.05, 0.1) is 0 Å². The molecule has 0 aliphatic rings. The van der Waals surface area contributed by atoms with Gasteiger partial charge in [0.2, 0.25) is 0 Å². The lowest BCUT2D eigenvalue weighted by Gasteiger charge is -2.09. The first-order chi connectivity index (χ1) is 9.40. The molecule has 20 heavy (non-hydrogen) atoms. The smallest absolute Gasteiger partial charge is 0.167 e. The Morgan fingerprint density at radius 2 is 1.85 bits per heavy atom. The van der Waals surface area contributed by atoms with Gasteiger partial charge in [-0.15, -0.1) is 0 Å². The van der Waals surface area contributed by atoms with E-state index in [0.29, 0.717) is 5.56 Å². The van der Waals surface area contributed by atoms with Gasteiger partial charge in [-0.05, 0) is 48.7 Å². The Morgan fingerprint density at radius 3 is 2.55 bits per heavy atom. The Kier molecular flexibility index (Phi) is 4.33. The SMILES string of the molecule is Cc1cc(C(=O)Cc2cccc(F)c2F)c(C)cc1Br. The molecule has 0 bridgehead atoms. The Morgan fingerprint density at radius 1 is 1.15 bits per heavy atom. The van der Waals surface area contributed by atoms with Gasteiger partial charge < -0.3 is 0 Å². The second kappa shape index (κ2) is 5.83. The molecule has 4 heteroatoms. The van der Waals surface area contributed by atoms with Crippen LogP contribution in [0.1, 0.15) is 27.0 Å². The number of halogens is 3. The minimum Gasteiger partial charge on any atom is -0.294 e. The van der Waals surface area contributed by atoms with Gasteiger partial charge in [-0.1, -0.05) is 28.1 Å². The number of aryl methyl sites for hydroxylation is 2. The van der Waals surface area contributed by atoms with E-state index in [1.807, 2.05) is 19.9 Å². The van der Waals surface area contributed by atoms with Crippen LogP contribution in [0.25, 0.3) is 0 Å². The average Bonchev–Trinajstić information content (AvgIpc) is 2.39. The van der Waals surface area contributed by atoms with Gasteiger partial charge >= 0.3 is 0 Å². The Hall–Kier alpha value is -1.55. The molecule has 0 unspecified atom stereocenters. The normalized spacial score (nSPS) is 10.7. The summed E-state index contributed by atoms with van der Waals surface area (Å²) in [5.74, 6) is -2.10. The molecule has 2 aromatic carbocycles. The molecule has 2 aromatic rings. The topological polar surface area (TPSA) is 17.1 Å². The van der Waals surface area contributed by atoms with Crippen LogP contribution in [0.15, 0.2) is 34.8 Å². The van der Waals surface area contributed by atoms with Gasteiger partial charge in [-0.3, -0.25) is 4.79 Å². The van der Waals surface area contributed by atoms with Crippen LogP contribution in [0.4, 0.5) is 8.78 Å². The molecule has 0 aliphatic carbocycles. The third-order valence-corrected chi connectivity index (χ3v) is 4.04. The third kappa shape index (κ3) is 2.96. The van der Waals surface area contributed by atoms with Crippen LogP contribution in [0.5, 0.6) is 0 Å². The number of Topliss-reactive ketones (excluding diaryl/α,β-unsaturated/α-hetero) is 1. The highest BCUT2D eigenvalue weighted by molar-refractivity contribution is 9.10. The molecule has 0 radical (unpaired) electrons. The molecule has 1 nitrogen and oxygen atoms in total. The van der Waals surface area contributed by atoms with Crippen LogP contribution in [0, 0.1) is 25.5 Å². The van der Waals surface area contributed by atoms with Crippen molar-refractivity contribution in [2.75, 3.05) is 0 Å². The molecule has 0 fully saturated rings. The summed E-state index contributed by atoms with van der Waals surface area (Å²) in [4.78, 5) is 12.3. The summed E-state index contributed by atoms with van der Waals surface area (Å²) in [5.41, 5.74) is 2.35. The van der Waals surface area contributed by atoms with Crippen LogP contribution < -0.4 is 0 Å². The molecule has 0 heterocycles. The average molecular weight is 339 g/mol. The van der Waals surface area contributed by atoms with Crippen LogP contribution >= 0.6 is 15.9 Å². The molecule has 0 spiro atoms. The minimum absolute atomic E-state index is 0.0787. The molecule has 2 rings (SSSR count). The summed E-state index contributed by atoms with van der Waals surface area (Å²) >= 11 is 3.40. The molecule has 0 N–H and O–H groups in total. The van der Waals surface area contributed by atoms with Crippen molar-refractivity contribution < 1.29 is 13.6 Å². The first-order valence-electron chi connectivity index (χ1n) is 6.13.